The highest BCUT2D eigenvalue weighted by Gasteiger charge is 2.17. The highest BCUT2D eigenvalue weighted by atomic mass is 79.9. The molecule has 0 aliphatic carbocycles. The molecule has 0 amide bonds. The lowest BCUT2D eigenvalue weighted by molar-refractivity contribution is -0.138. The van der Waals surface area contributed by atoms with Crippen LogP contribution in [0.1, 0.15) is 46.1 Å². The Morgan fingerprint density at radius 2 is 1.22 bits per heavy atom. The molecule has 0 bridgehead atoms. The van der Waals surface area contributed by atoms with Crippen LogP contribution < -0.4 is 4.74 Å². The number of rotatable bonds is 14. The number of benzene rings is 4. The molecule has 0 saturated heterocycles. The first kappa shape index (κ1) is 41.8. The monoisotopic (exact) mass is 894 g/mol. The molecule has 308 valence electrons. The van der Waals surface area contributed by atoms with Crippen molar-refractivity contribution in [1.29, 1.82) is 0 Å². The number of aromatic nitrogens is 8. The van der Waals surface area contributed by atoms with Gasteiger partial charge in [-0.3, -0.25) is 19.0 Å². The highest BCUT2D eigenvalue weighted by Crippen LogP contribution is 2.33. The van der Waals surface area contributed by atoms with Gasteiger partial charge in [0.1, 0.15) is 5.75 Å². The lowest BCUT2D eigenvalue weighted by Crippen LogP contribution is -2.05. The molecule has 0 spiro atoms. The Hall–Kier alpha value is -6.39. The SMILES string of the molecule is CC(C)Cc1ccc(-c2nc(-c3ccc4c(cnn4CCC(=O)O)c3)no2)cc1Cl.CC(C)Oc1ccc(-c2nc(-c3ccc4c(cnn4CCC(=O)O)c3)no2)cc1Br. The Balaban J connectivity index is 0.000000181. The van der Waals surface area contributed by atoms with Crippen molar-refractivity contribution in [3.63, 3.8) is 0 Å². The molecule has 60 heavy (non-hydrogen) atoms. The van der Waals surface area contributed by atoms with Gasteiger partial charge in [-0.25, -0.2) is 0 Å². The molecular weight excluding hydrogens is 856 g/mol. The molecule has 4 aromatic heterocycles. The van der Waals surface area contributed by atoms with E-state index in [1.807, 2.05) is 86.6 Å². The fraction of sp³-hybridized carbons (Fsp3) is 0.256. The molecule has 0 saturated carbocycles. The molecule has 4 heterocycles. The number of ether oxygens (including phenoxy) is 1. The molecule has 0 atom stereocenters. The average molecular weight is 896 g/mol. The van der Waals surface area contributed by atoms with Crippen molar-refractivity contribution in [3.05, 3.63) is 100 Å². The van der Waals surface area contributed by atoms with E-state index in [0.717, 1.165) is 66.3 Å². The number of carboxylic acid groups (broad SMARTS) is 2. The summed E-state index contributed by atoms with van der Waals surface area (Å²) in [5, 5.41) is 36.9. The molecule has 4 aromatic carbocycles. The van der Waals surface area contributed by atoms with Gasteiger partial charge >= 0.3 is 11.9 Å². The molecule has 2 N–H and O–H groups in total. The molecule has 0 aliphatic heterocycles. The lowest BCUT2D eigenvalue weighted by atomic mass is 10.0. The van der Waals surface area contributed by atoms with Crippen LogP contribution >= 0.6 is 27.5 Å². The summed E-state index contributed by atoms with van der Waals surface area (Å²) in [6.45, 7) is 8.88. The van der Waals surface area contributed by atoms with Crippen molar-refractivity contribution >= 4 is 61.3 Å². The number of carboxylic acids is 2. The predicted octanol–water partition coefficient (Wildman–Crippen LogP) is 9.86. The summed E-state index contributed by atoms with van der Waals surface area (Å²) in [4.78, 5) is 30.6. The van der Waals surface area contributed by atoms with Crippen LogP contribution in [-0.4, -0.2) is 68.1 Å². The minimum absolute atomic E-state index is 0.0172. The Bertz CT molecular complexity index is 2620. The molecular formula is C43H40BrClN8O7. The third-order valence-electron chi connectivity index (χ3n) is 9.20. The zero-order valence-corrected chi connectivity index (χ0v) is 35.4. The zero-order valence-electron chi connectivity index (χ0n) is 33.0. The van der Waals surface area contributed by atoms with Gasteiger partial charge in [0.2, 0.25) is 11.6 Å². The first-order valence-electron chi connectivity index (χ1n) is 19.1. The van der Waals surface area contributed by atoms with Crippen molar-refractivity contribution in [3.8, 4) is 51.4 Å². The molecule has 8 rings (SSSR count). The van der Waals surface area contributed by atoms with E-state index < -0.39 is 11.9 Å². The maximum Gasteiger partial charge on any atom is 0.305 e. The quantitative estimate of drug-likeness (QED) is 0.105. The molecule has 8 aromatic rings. The van der Waals surface area contributed by atoms with Crippen molar-refractivity contribution < 1.29 is 33.6 Å². The van der Waals surface area contributed by atoms with Crippen molar-refractivity contribution in [2.24, 2.45) is 5.92 Å². The smallest absolute Gasteiger partial charge is 0.305 e. The number of nitrogens with zero attached hydrogens (tertiary/aromatic N) is 8. The summed E-state index contributed by atoms with van der Waals surface area (Å²) in [5.74, 6) is 1.29. The number of halogens is 2. The summed E-state index contributed by atoms with van der Waals surface area (Å²) < 4.78 is 20.8. The van der Waals surface area contributed by atoms with Crippen LogP contribution in [0.2, 0.25) is 5.02 Å². The molecule has 0 aliphatic rings. The summed E-state index contributed by atoms with van der Waals surface area (Å²) in [6, 6.07) is 22.7. The van der Waals surface area contributed by atoms with E-state index in [1.165, 1.54) is 0 Å². The van der Waals surface area contributed by atoms with Crippen LogP contribution in [0.15, 0.2) is 98.7 Å². The van der Waals surface area contributed by atoms with Crippen molar-refractivity contribution in [2.75, 3.05) is 0 Å². The Morgan fingerprint density at radius 1 is 0.717 bits per heavy atom. The van der Waals surface area contributed by atoms with Crippen LogP contribution in [0, 0.1) is 5.92 Å². The standard InChI is InChI=1S/C22H21ClN4O3.C21H19BrN4O4/c1-13(2)9-14-3-4-16(11-18(14)23)22-25-21(26-30-22)15-5-6-19-17(10-15)12-24-27(19)8-7-20(28)29;1-12(2)29-18-6-4-14(10-16(18)22)21-24-20(25-30-21)13-3-5-17-15(9-13)11-23-26(17)8-7-19(27)28/h3-6,10-13H,7-9H2,1-2H3,(H,28,29);3-6,9-12H,7-8H2,1-2H3,(H,27,28). The number of aliphatic carboxylic acids is 2. The number of carbonyl (C=O) groups is 2. The van der Waals surface area contributed by atoms with E-state index >= 15 is 0 Å². The molecule has 15 nitrogen and oxygen atoms in total. The van der Waals surface area contributed by atoms with E-state index in [2.05, 4.69) is 60.3 Å². The summed E-state index contributed by atoms with van der Waals surface area (Å²) in [7, 11) is 0. The van der Waals surface area contributed by atoms with Crippen molar-refractivity contribution in [2.45, 2.75) is 66.2 Å². The average Bonchev–Trinajstić information content (AvgIpc) is 4.04. The van der Waals surface area contributed by atoms with E-state index in [1.54, 1.807) is 21.8 Å². The second kappa shape index (κ2) is 18.3. The largest absolute Gasteiger partial charge is 0.490 e. The van der Waals surface area contributed by atoms with Crippen LogP contribution in [-0.2, 0) is 29.1 Å². The van der Waals surface area contributed by atoms with Gasteiger partial charge in [0, 0.05) is 38.0 Å². The predicted molar refractivity (Wildman–Crippen MR) is 228 cm³/mol. The third-order valence-corrected chi connectivity index (χ3v) is 10.2. The number of hydrogen-bond donors (Lipinski definition) is 2. The number of hydrogen-bond acceptors (Lipinski definition) is 11. The minimum Gasteiger partial charge on any atom is -0.490 e. The van der Waals surface area contributed by atoms with Gasteiger partial charge in [0.05, 0.1) is 59.9 Å². The summed E-state index contributed by atoms with van der Waals surface area (Å²) in [6.07, 6.45) is 4.43. The second-order valence-corrected chi connectivity index (χ2v) is 15.9. The van der Waals surface area contributed by atoms with E-state index in [-0.39, 0.29) is 18.9 Å². The van der Waals surface area contributed by atoms with Gasteiger partial charge in [-0.15, -0.1) is 0 Å². The summed E-state index contributed by atoms with van der Waals surface area (Å²) >= 11 is 9.94. The number of fused-ring (bicyclic) bond motifs is 2. The maximum absolute atomic E-state index is 10.8. The molecule has 17 heteroatoms. The first-order valence-corrected chi connectivity index (χ1v) is 20.3. The molecule has 0 unspecified atom stereocenters. The molecule has 0 fully saturated rings. The minimum atomic E-state index is -0.856. The van der Waals surface area contributed by atoms with Gasteiger partial charge < -0.3 is 24.0 Å². The second-order valence-electron chi connectivity index (χ2n) is 14.6. The third kappa shape index (κ3) is 9.89. The fourth-order valence-corrected chi connectivity index (χ4v) is 7.13. The van der Waals surface area contributed by atoms with Crippen LogP contribution in [0.3, 0.4) is 0 Å². The zero-order chi connectivity index (χ0) is 42.5. The van der Waals surface area contributed by atoms with Gasteiger partial charge in [0.15, 0.2) is 0 Å². The van der Waals surface area contributed by atoms with E-state index in [4.69, 9.17) is 35.6 Å². The van der Waals surface area contributed by atoms with Crippen LogP contribution in [0.4, 0.5) is 0 Å². The number of aryl methyl sites for hydroxylation is 2. The van der Waals surface area contributed by atoms with Gasteiger partial charge in [-0.1, -0.05) is 41.8 Å². The van der Waals surface area contributed by atoms with Gasteiger partial charge in [0.25, 0.3) is 11.8 Å². The Morgan fingerprint density at radius 3 is 1.68 bits per heavy atom. The topological polar surface area (TPSA) is 197 Å². The van der Waals surface area contributed by atoms with Crippen LogP contribution in [0.25, 0.3) is 67.5 Å². The van der Waals surface area contributed by atoms with Crippen LogP contribution in [0.5, 0.6) is 5.75 Å². The van der Waals surface area contributed by atoms with Crippen molar-refractivity contribution in [1.82, 2.24) is 39.8 Å². The van der Waals surface area contributed by atoms with E-state index in [0.29, 0.717) is 47.5 Å². The Kier molecular flexibility index (Phi) is 12.7. The van der Waals surface area contributed by atoms with E-state index in [9.17, 15) is 9.59 Å². The van der Waals surface area contributed by atoms with Gasteiger partial charge in [-0.05, 0) is 114 Å². The fourth-order valence-electron chi connectivity index (χ4n) is 6.40. The van der Waals surface area contributed by atoms with Gasteiger partial charge in [-0.2, -0.15) is 20.2 Å². The summed E-state index contributed by atoms with van der Waals surface area (Å²) in [5.41, 5.74) is 5.94. The normalized spacial score (nSPS) is 11.4. The Labute approximate surface area is 357 Å². The maximum atomic E-state index is 10.8. The highest BCUT2D eigenvalue weighted by molar-refractivity contribution is 9.10. The lowest BCUT2D eigenvalue weighted by Gasteiger charge is -2.11. The first-order chi connectivity index (χ1) is 28.8. The molecule has 0 radical (unpaired) electrons.